The average Bonchev–Trinajstić information content (AvgIpc) is 2.89. The topological polar surface area (TPSA) is 93.3 Å². The number of aryl methyl sites for hydroxylation is 1. The second-order valence-corrected chi connectivity index (χ2v) is 6.78. The number of carbonyl (C=O) groups excluding carboxylic acids is 1. The summed E-state index contributed by atoms with van der Waals surface area (Å²) >= 11 is 1.37. The second-order valence-electron chi connectivity index (χ2n) is 5.64. The lowest BCUT2D eigenvalue weighted by atomic mass is 10.3. The predicted octanol–water partition coefficient (Wildman–Crippen LogP) is 2.45. The van der Waals surface area contributed by atoms with E-state index in [1.165, 1.54) is 18.0 Å². The van der Waals surface area contributed by atoms with Crippen LogP contribution in [0.15, 0.2) is 35.2 Å². The molecule has 0 unspecified atom stereocenters. The van der Waals surface area contributed by atoms with Gasteiger partial charge in [0.25, 0.3) is 11.6 Å². The van der Waals surface area contributed by atoms with E-state index >= 15 is 0 Å². The molecule has 0 radical (unpaired) electrons. The molecule has 0 saturated heterocycles. The summed E-state index contributed by atoms with van der Waals surface area (Å²) in [6.07, 6.45) is 0.858. The van der Waals surface area contributed by atoms with Crippen LogP contribution in [0.5, 0.6) is 0 Å². The van der Waals surface area contributed by atoms with Gasteiger partial charge in [-0.05, 0) is 37.4 Å². The van der Waals surface area contributed by atoms with Crippen molar-refractivity contribution < 1.29 is 9.72 Å². The fraction of sp³-hybridized carbons (Fsp3) is 0.375. The molecular formula is C16H19N5O3S. The maximum Gasteiger partial charge on any atom is 0.284 e. The fourth-order valence-corrected chi connectivity index (χ4v) is 3.77. The zero-order chi connectivity index (χ0) is 17.8. The normalized spacial score (nSPS) is 14.6. The van der Waals surface area contributed by atoms with Gasteiger partial charge in [0.1, 0.15) is 10.6 Å². The highest BCUT2D eigenvalue weighted by Gasteiger charge is 2.22. The summed E-state index contributed by atoms with van der Waals surface area (Å²) in [7, 11) is 0. The molecule has 2 aromatic rings. The third-order valence-corrected chi connectivity index (χ3v) is 4.95. The lowest BCUT2D eigenvalue weighted by Crippen LogP contribution is -2.23. The first-order chi connectivity index (χ1) is 12.1. The Hall–Kier alpha value is -2.39. The molecule has 132 valence electrons. The van der Waals surface area contributed by atoms with E-state index in [0.717, 1.165) is 25.2 Å². The van der Waals surface area contributed by atoms with Crippen molar-refractivity contribution in [3.8, 4) is 0 Å². The van der Waals surface area contributed by atoms with Gasteiger partial charge >= 0.3 is 0 Å². The maximum absolute atomic E-state index is 12.0. The van der Waals surface area contributed by atoms with E-state index < -0.39 is 0 Å². The number of hydrogen-bond donors (Lipinski definition) is 1. The van der Waals surface area contributed by atoms with E-state index in [4.69, 9.17) is 0 Å². The number of para-hydroxylation sites is 1. The molecule has 1 aliphatic rings. The number of carbonyl (C=O) groups is 1. The Bertz CT molecular complexity index is 792. The molecule has 1 amide bonds. The van der Waals surface area contributed by atoms with Crippen LogP contribution in [-0.4, -0.2) is 38.0 Å². The van der Waals surface area contributed by atoms with Crippen LogP contribution >= 0.6 is 11.9 Å². The Morgan fingerprint density at radius 1 is 1.40 bits per heavy atom. The second kappa shape index (κ2) is 7.66. The van der Waals surface area contributed by atoms with Gasteiger partial charge < -0.3 is 5.32 Å². The molecule has 1 aromatic heterocycles. The van der Waals surface area contributed by atoms with E-state index in [1.54, 1.807) is 24.3 Å². The van der Waals surface area contributed by atoms with Crippen LogP contribution in [0.25, 0.3) is 0 Å². The van der Waals surface area contributed by atoms with Crippen LogP contribution in [0.4, 0.5) is 5.69 Å². The zero-order valence-electron chi connectivity index (χ0n) is 13.8. The van der Waals surface area contributed by atoms with E-state index in [9.17, 15) is 14.9 Å². The Kier molecular flexibility index (Phi) is 5.34. The van der Waals surface area contributed by atoms with E-state index in [2.05, 4.69) is 14.7 Å². The molecule has 9 heteroatoms. The molecular weight excluding hydrogens is 342 g/mol. The van der Waals surface area contributed by atoms with Crippen LogP contribution in [0.3, 0.4) is 0 Å². The summed E-state index contributed by atoms with van der Waals surface area (Å²) in [5, 5.41) is 18.3. The highest BCUT2D eigenvalue weighted by Crippen LogP contribution is 2.33. The van der Waals surface area contributed by atoms with E-state index in [-0.39, 0.29) is 16.5 Å². The molecule has 0 aliphatic carbocycles. The number of rotatable bonds is 5. The SMILES string of the molecule is CCNC(=O)c1cc2n(n1)CCCN(Sc1ccccc1[N+](=O)[O-])C2. The van der Waals surface area contributed by atoms with Gasteiger partial charge in [-0.3, -0.25) is 19.6 Å². The van der Waals surface area contributed by atoms with Gasteiger partial charge in [-0.1, -0.05) is 12.1 Å². The minimum absolute atomic E-state index is 0.105. The quantitative estimate of drug-likeness (QED) is 0.499. The van der Waals surface area contributed by atoms with Crippen molar-refractivity contribution in [2.24, 2.45) is 0 Å². The number of nitrogens with zero attached hydrogens (tertiary/aromatic N) is 4. The van der Waals surface area contributed by atoms with E-state index in [1.807, 2.05) is 11.6 Å². The van der Waals surface area contributed by atoms with Crippen molar-refractivity contribution in [3.05, 3.63) is 51.8 Å². The number of fused-ring (bicyclic) bond motifs is 1. The molecule has 0 bridgehead atoms. The maximum atomic E-state index is 12.0. The molecule has 0 atom stereocenters. The number of benzene rings is 1. The molecule has 0 spiro atoms. The number of amides is 1. The van der Waals surface area contributed by atoms with Crippen molar-refractivity contribution in [1.29, 1.82) is 0 Å². The molecule has 1 aromatic carbocycles. The van der Waals surface area contributed by atoms with Crippen molar-refractivity contribution in [3.63, 3.8) is 0 Å². The number of aromatic nitrogens is 2. The smallest absolute Gasteiger partial charge is 0.284 e. The molecule has 2 heterocycles. The Morgan fingerprint density at radius 3 is 2.96 bits per heavy atom. The van der Waals surface area contributed by atoms with Crippen molar-refractivity contribution >= 4 is 23.5 Å². The predicted molar refractivity (Wildman–Crippen MR) is 94.2 cm³/mol. The third-order valence-electron chi connectivity index (χ3n) is 3.84. The van der Waals surface area contributed by atoms with Gasteiger partial charge in [0, 0.05) is 25.7 Å². The molecule has 1 aliphatic heterocycles. The van der Waals surface area contributed by atoms with Gasteiger partial charge in [0.15, 0.2) is 0 Å². The van der Waals surface area contributed by atoms with Gasteiger partial charge in [-0.25, -0.2) is 4.31 Å². The van der Waals surface area contributed by atoms with Crippen molar-refractivity contribution in [1.82, 2.24) is 19.4 Å². The molecule has 8 nitrogen and oxygen atoms in total. The van der Waals surface area contributed by atoms with Gasteiger partial charge in [-0.15, -0.1) is 0 Å². The lowest BCUT2D eigenvalue weighted by molar-refractivity contribution is -0.387. The first-order valence-corrected chi connectivity index (χ1v) is 8.87. The van der Waals surface area contributed by atoms with Crippen LogP contribution in [-0.2, 0) is 13.1 Å². The number of nitrogens with one attached hydrogen (secondary N) is 1. The third kappa shape index (κ3) is 3.99. The highest BCUT2D eigenvalue weighted by atomic mass is 32.2. The van der Waals surface area contributed by atoms with Crippen LogP contribution in [0.1, 0.15) is 29.5 Å². The number of nitro groups is 1. The largest absolute Gasteiger partial charge is 0.351 e. The van der Waals surface area contributed by atoms with E-state index in [0.29, 0.717) is 23.7 Å². The van der Waals surface area contributed by atoms with Gasteiger partial charge in [0.05, 0.1) is 17.2 Å². The molecule has 3 rings (SSSR count). The molecule has 0 fully saturated rings. The molecule has 25 heavy (non-hydrogen) atoms. The van der Waals surface area contributed by atoms with Gasteiger partial charge in [-0.2, -0.15) is 5.10 Å². The molecule has 1 N–H and O–H groups in total. The summed E-state index contributed by atoms with van der Waals surface area (Å²) in [6, 6.07) is 8.52. The summed E-state index contributed by atoms with van der Waals surface area (Å²) < 4.78 is 3.93. The van der Waals surface area contributed by atoms with Crippen LogP contribution in [0, 0.1) is 10.1 Å². The van der Waals surface area contributed by atoms with Gasteiger partial charge in [0.2, 0.25) is 0 Å². The number of hydrogen-bond acceptors (Lipinski definition) is 6. The standard InChI is InChI=1S/C16H19N5O3S/c1-2-17-16(22)13-10-12-11-19(8-5-9-20(12)18-13)25-15-7-4-3-6-14(15)21(23)24/h3-4,6-7,10H,2,5,8-9,11H2,1H3,(H,17,22). The van der Waals surface area contributed by atoms with Crippen molar-refractivity contribution in [2.45, 2.75) is 31.3 Å². The minimum Gasteiger partial charge on any atom is -0.351 e. The Labute approximate surface area is 149 Å². The summed E-state index contributed by atoms with van der Waals surface area (Å²) in [5.41, 5.74) is 1.45. The molecule has 0 saturated carbocycles. The van der Waals surface area contributed by atoms with Crippen LogP contribution < -0.4 is 5.32 Å². The summed E-state index contributed by atoms with van der Waals surface area (Å²) in [5.74, 6) is -0.180. The lowest BCUT2D eigenvalue weighted by Gasteiger charge is -2.17. The minimum atomic E-state index is -0.363. The number of nitro benzene ring substituents is 1. The fourth-order valence-electron chi connectivity index (χ4n) is 2.70. The average molecular weight is 361 g/mol. The van der Waals surface area contributed by atoms with Crippen molar-refractivity contribution in [2.75, 3.05) is 13.1 Å². The Morgan fingerprint density at radius 2 is 2.20 bits per heavy atom. The Balaban J connectivity index is 1.78. The highest BCUT2D eigenvalue weighted by molar-refractivity contribution is 7.97. The van der Waals surface area contributed by atoms with Crippen LogP contribution in [0.2, 0.25) is 0 Å². The monoisotopic (exact) mass is 361 g/mol. The first kappa shape index (κ1) is 17.4. The zero-order valence-corrected chi connectivity index (χ0v) is 14.7. The summed E-state index contributed by atoms with van der Waals surface area (Å²) in [4.78, 5) is 23.4. The first-order valence-electron chi connectivity index (χ1n) is 8.09. The summed E-state index contributed by atoms with van der Waals surface area (Å²) in [6.45, 7) is 4.51.